The standard InChI is InChI=1S/C27H31ClFN5O7S/c1-39-9-10-41-14-21(35)34-7-5-33(6-8-34)13-20-23(27(38)40-2)24(18-4-3-16(29)11-19(18)28)32-25(31-20)26-30-17(15-42-26)12-22(36)37/h3-4,11,15,24H,5-10,12-14H2,1-2H3,(H,31,32)(H,36,37). The number of carboxylic acids is 1. The molecule has 12 nitrogen and oxygen atoms in total. The molecule has 1 aromatic heterocycles. The zero-order chi connectivity index (χ0) is 30.2. The lowest BCUT2D eigenvalue weighted by atomic mass is 9.95. The van der Waals surface area contributed by atoms with Crippen molar-refractivity contribution in [2.45, 2.75) is 12.5 Å². The molecule has 2 aliphatic rings. The number of thiazole rings is 1. The molecule has 2 aromatic rings. The van der Waals surface area contributed by atoms with Crippen molar-refractivity contribution in [3.63, 3.8) is 0 Å². The molecule has 0 bridgehead atoms. The largest absolute Gasteiger partial charge is 0.481 e. The maximum Gasteiger partial charge on any atom is 0.338 e. The van der Waals surface area contributed by atoms with E-state index < -0.39 is 23.8 Å². The third-order valence-corrected chi connectivity index (χ3v) is 7.86. The summed E-state index contributed by atoms with van der Waals surface area (Å²) in [6, 6.07) is 2.89. The quantitative estimate of drug-likeness (QED) is 0.266. The van der Waals surface area contributed by atoms with Crippen LogP contribution in [0.5, 0.6) is 0 Å². The first-order chi connectivity index (χ1) is 20.2. The van der Waals surface area contributed by atoms with Crippen LogP contribution < -0.4 is 5.32 Å². The highest BCUT2D eigenvalue weighted by Gasteiger charge is 2.35. The number of nitrogens with zero attached hydrogens (tertiary/aromatic N) is 4. The van der Waals surface area contributed by atoms with Crippen LogP contribution in [0.15, 0.2) is 39.8 Å². The number of ether oxygens (including phenoxy) is 3. The Balaban J connectivity index is 1.60. The highest BCUT2D eigenvalue weighted by atomic mass is 35.5. The van der Waals surface area contributed by atoms with E-state index in [0.717, 1.165) is 6.07 Å². The van der Waals surface area contributed by atoms with Gasteiger partial charge in [-0.15, -0.1) is 11.3 Å². The summed E-state index contributed by atoms with van der Waals surface area (Å²) in [6.45, 7) is 2.97. The molecule has 1 aromatic carbocycles. The number of rotatable bonds is 12. The van der Waals surface area contributed by atoms with E-state index in [4.69, 9.17) is 35.9 Å². The molecule has 0 aliphatic carbocycles. The van der Waals surface area contributed by atoms with Gasteiger partial charge in [-0.2, -0.15) is 0 Å². The van der Waals surface area contributed by atoms with Crippen molar-refractivity contribution in [1.29, 1.82) is 0 Å². The van der Waals surface area contributed by atoms with Gasteiger partial charge in [-0.3, -0.25) is 19.5 Å². The van der Waals surface area contributed by atoms with E-state index in [-0.39, 0.29) is 36.1 Å². The Morgan fingerprint density at radius 2 is 1.95 bits per heavy atom. The Hall–Kier alpha value is -3.43. The number of hydrogen-bond donors (Lipinski definition) is 2. The molecule has 1 fully saturated rings. The zero-order valence-corrected chi connectivity index (χ0v) is 24.7. The predicted octanol–water partition coefficient (Wildman–Crippen LogP) is 1.89. The highest BCUT2D eigenvalue weighted by Crippen LogP contribution is 2.37. The van der Waals surface area contributed by atoms with Gasteiger partial charge in [-0.1, -0.05) is 17.7 Å². The number of hydrogen-bond acceptors (Lipinski definition) is 11. The van der Waals surface area contributed by atoms with Gasteiger partial charge in [-0.05, 0) is 12.1 Å². The Kier molecular flexibility index (Phi) is 11.0. The molecule has 1 amide bonds. The topological polar surface area (TPSA) is 143 Å². The molecule has 2 aliphatic heterocycles. The van der Waals surface area contributed by atoms with Gasteiger partial charge >= 0.3 is 11.9 Å². The molecular weight excluding hydrogens is 593 g/mol. The van der Waals surface area contributed by atoms with Gasteiger partial charge < -0.3 is 29.5 Å². The minimum atomic E-state index is -1.02. The summed E-state index contributed by atoms with van der Waals surface area (Å²) < 4.78 is 29.3. The van der Waals surface area contributed by atoms with Crippen LogP contribution in [0.4, 0.5) is 4.39 Å². The predicted molar refractivity (Wildman–Crippen MR) is 152 cm³/mol. The first-order valence-corrected chi connectivity index (χ1v) is 14.3. The lowest BCUT2D eigenvalue weighted by molar-refractivity contribution is -0.138. The molecule has 4 rings (SSSR count). The van der Waals surface area contributed by atoms with E-state index in [1.54, 1.807) is 17.4 Å². The molecule has 15 heteroatoms. The first kappa shape index (κ1) is 31.5. The second kappa shape index (κ2) is 14.6. The van der Waals surface area contributed by atoms with E-state index in [0.29, 0.717) is 67.2 Å². The molecule has 2 N–H and O–H groups in total. The Morgan fingerprint density at radius 3 is 2.62 bits per heavy atom. The van der Waals surface area contributed by atoms with Crippen LogP contribution in [-0.4, -0.2) is 110 Å². The zero-order valence-electron chi connectivity index (χ0n) is 23.1. The summed E-state index contributed by atoms with van der Waals surface area (Å²) in [4.78, 5) is 49.8. The van der Waals surface area contributed by atoms with Crippen molar-refractivity contribution in [3.8, 4) is 0 Å². The molecule has 1 saturated heterocycles. The average molecular weight is 624 g/mol. The van der Waals surface area contributed by atoms with Crippen LogP contribution in [0, 0.1) is 5.82 Å². The van der Waals surface area contributed by atoms with Gasteiger partial charge in [0.05, 0.1) is 38.0 Å². The first-order valence-electron chi connectivity index (χ1n) is 13.0. The summed E-state index contributed by atoms with van der Waals surface area (Å²) in [5, 5.41) is 14.5. The maximum absolute atomic E-state index is 13.9. The average Bonchev–Trinajstić information content (AvgIpc) is 3.43. The van der Waals surface area contributed by atoms with Gasteiger partial charge in [0.1, 0.15) is 18.5 Å². The number of aromatic nitrogens is 1. The van der Waals surface area contributed by atoms with E-state index in [2.05, 4.69) is 15.2 Å². The SMILES string of the molecule is COCCOCC(=O)N1CCN(CC2=C(C(=O)OC)C(c3ccc(F)cc3Cl)N=C(c3nc(CC(=O)O)cs3)N2)CC1. The van der Waals surface area contributed by atoms with Gasteiger partial charge in [-0.25, -0.2) is 14.2 Å². The second-order valence-electron chi connectivity index (χ2n) is 9.47. The van der Waals surface area contributed by atoms with Gasteiger partial charge in [0, 0.05) is 61.5 Å². The number of carbonyl (C=O) groups is 3. The fourth-order valence-corrected chi connectivity index (χ4v) is 5.59. The van der Waals surface area contributed by atoms with Crippen molar-refractivity contribution >= 4 is 46.6 Å². The summed E-state index contributed by atoms with van der Waals surface area (Å²) in [5.74, 6) is -2.00. The van der Waals surface area contributed by atoms with Crippen LogP contribution in [0.3, 0.4) is 0 Å². The number of esters is 1. The maximum atomic E-state index is 13.9. The number of halogens is 2. The lowest BCUT2D eigenvalue weighted by Crippen LogP contribution is -2.51. The molecule has 0 radical (unpaired) electrons. The Labute approximate surface area is 250 Å². The molecular formula is C27H31ClFN5O7S. The molecule has 3 heterocycles. The number of methoxy groups -OCH3 is 2. The molecule has 0 spiro atoms. The molecule has 42 heavy (non-hydrogen) atoms. The molecule has 1 unspecified atom stereocenters. The number of carboxylic acid groups (broad SMARTS) is 1. The van der Waals surface area contributed by atoms with Crippen LogP contribution in [0.2, 0.25) is 5.02 Å². The van der Waals surface area contributed by atoms with Crippen LogP contribution in [0.1, 0.15) is 22.3 Å². The van der Waals surface area contributed by atoms with Crippen LogP contribution in [-0.2, 0) is 35.0 Å². The normalized spacial score (nSPS) is 17.6. The van der Waals surface area contributed by atoms with Gasteiger partial charge in [0.15, 0.2) is 10.8 Å². The van der Waals surface area contributed by atoms with Crippen molar-refractivity contribution in [1.82, 2.24) is 20.1 Å². The van der Waals surface area contributed by atoms with E-state index in [1.807, 2.05) is 0 Å². The number of amidine groups is 1. The number of nitrogens with one attached hydrogen (secondary N) is 1. The highest BCUT2D eigenvalue weighted by molar-refractivity contribution is 7.11. The molecule has 226 valence electrons. The van der Waals surface area contributed by atoms with E-state index >= 15 is 0 Å². The number of aliphatic carboxylic acids is 1. The lowest BCUT2D eigenvalue weighted by Gasteiger charge is -2.36. The van der Waals surface area contributed by atoms with Crippen LogP contribution >= 0.6 is 22.9 Å². The minimum Gasteiger partial charge on any atom is -0.481 e. The summed E-state index contributed by atoms with van der Waals surface area (Å²) in [5.41, 5.74) is 1.43. The fraction of sp³-hybridized carbons (Fsp3) is 0.444. The summed E-state index contributed by atoms with van der Waals surface area (Å²) >= 11 is 7.62. The molecule has 0 saturated carbocycles. The van der Waals surface area contributed by atoms with Crippen molar-refractivity contribution < 1.29 is 38.1 Å². The molecule has 1 atom stereocenters. The number of carbonyl (C=O) groups excluding carboxylic acids is 2. The van der Waals surface area contributed by atoms with E-state index in [9.17, 15) is 18.8 Å². The number of amides is 1. The Morgan fingerprint density at radius 1 is 1.19 bits per heavy atom. The van der Waals surface area contributed by atoms with E-state index in [1.165, 1.54) is 30.6 Å². The van der Waals surface area contributed by atoms with Crippen LogP contribution in [0.25, 0.3) is 0 Å². The fourth-order valence-electron chi connectivity index (χ4n) is 4.55. The number of aliphatic imine (C=N–C) groups is 1. The monoisotopic (exact) mass is 623 g/mol. The van der Waals surface area contributed by atoms with Crippen molar-refractivity contribution in [3.05, 3.63) is 62.0 Å². The minimum absolute atomic E-state index is 0.0276. The van der Waals surface area contributed by atoms with Crippen molar-refractivity contribution in [2.75, 3.05) is 66.8 Å². The third kappa shape index (κ3) is 7.89. The van der Waals surface area contributed by atoms with Crippen molar-refractivity contribution in [2.24, 2.45) is 4.99 Å². The smallest absolute Gasteiger partial charge is 0.338 e. The third-order valence-electron chi connectivity index (χ3n) is 6.64. The summed E-state index contributed by atoms with van der Waals surface area (Å²) in [6.07, 6.45) is -0.256. The second-order valence-corrected chi connectivity index (χ2v) is 10.7. The summed E-state index contributed by atoms with van der Waals surface area (Å²) in [7, 11) is 2.82. The number of benzene rings is 1. The van der Waals surface area contributed by atoms with Gasteiger partial charge in [0.25, 0.3) is 0 Å². The Bertz CT molecular complexity index is 1380. The van der Waals surface area contributed by atoms with Gasteiger partial charge in [0.2, 0.25) is 5.91 Å². The number of piperazine rings is 1.